The van der Waals surface area contributed by atoms with Crippen LogP contribution in [0.1, 0.15) is 13.3 Å². The van der Waals surface area contributed by atoms with Crippen molar-refractivity contribution < 1.29 is 19.1 Å². The summed E-state index contributed by atoms with van der Waals surface area (Å²) in [5.41, 5.74) is 0. The molecule has 1 atom stereocenters. The zero-order chi connectivity index (χ0) is 11.7. The van der Waals surface area contributed by atoms with Crippen molar-refractivity contribution in [2.75, 3.05) is 13.2 Å². The maximum atomic E-state index is 11.2. The summed E-state index contributed by atoms with van der Waals surface area (Å²) in [6, 6.07) is 0. The minimum Gasteiger partial charge on any atom is -0.461 e. The van der Waals surface area contributed by atoms with E-state index in [1.54, 1.807) is 6.92 Å². The minimum atomic E-state index is -0.498. The summed E-state index contributed by atoms with van der Waals surface area (Å²) in [5.74, 6) is -1.36. The molecular formula is C11H16O4. The third kappa shape index (κ3) is 6.49. The second kappa shape index (κ2) is 7.79. The van der Waals surface area contributed by atoms with Crippen LogP contribution in [-0.4, -0.2) is 25.2 Å². The van der Waals surface area contributed by atoms with Gasteiger partial charge in [0.2, 0.25) is 0 Å². The number of esters is 2. The Morgan fingerprint density at radius 1 is 1.20 bits per heavy atom. The van der Waals surface area contributed by atoms with Gasteiger partial charge in [-0.25, -0.2) is 0 Å². The number of carbonyl (C=O) groups is 2. The predicted octanol–water partition coefficient (Wildman–Crippen LogP) is 1.47. The fourth-order valence-corrected chi connectivity index (χ4v) is 0.827. The van der Waals surface area contributed by atoms with Gasteiger partial charge in [-0.3, -0.25) is 9.59 Å². The quantitative estimate of drug-likeness (QED) is 0.473. The molecule has 0 spiro atoms. The largest absolute Gasteiger partial charge is 0.461 e. The van der Waals surface area contributed by atoms with E-state index in [4.69, 9.17) is 9.47 Å². The van der Waals surface area contributed by atoms with Crippen LogP contribution in [0.2, 0.25) is 0 Å². The Kier molecular flexibility index (Phi) is 6.97. The van der Waals surface area contributed by atoms with E-state index in [1.807, 2.05) is 0 Å². The fraction of sp³-hybridized carbons (Fsp3) is 0.455. The summed E-state index contributed by atoms with van der Waals surface area (Å²) in [5, 5.41) is 0. The van der Waals surface area contributed by atoms with Crippen molar-refractivity contribution in [2.24, 2.45) is 5.92 Å². The first-order valence-corrected chi connectivity index (χ1v) is 4.65. The highest BCUT2D eigenvalue weighted by Crippen LogP contribution is 2.06. The van der Waals surface area contributed by atoms with E-state index < -0.39 is 17.9 Å². The SMILES string of the molecule is C=CCOC(=O)C[C@@H](C)C(=O)OCC=C. The van der Waals surface area contributed by atoms with Crippen molar-refractivity contribution >= 4 is 11.9 Å². The summed E-state index contributed by atoms with van der Waals surface area (Å²) >= 11 is 0. The zero-order valence-corrected chi connectivity index (χ0v) is 8.90. The predicted molar refractivity (Wildman–Crippen MR) is 56.1 cm³/mol. The average molecular weight is 212 g/mol. The number of hydrogen-bond acceptors (Lipinski definition) is 4. The average Bonchev–Trinajstić information content (AvgIpc) is 2.22. The lowest BCUT2D eigenvalue weighted by Gasteiger charge is -2.09. The van der Waals surface area contributed by atoms with Gasteiger partial charge in [0.25, 0.3) is 0 Å². The standard InChI is InChI=1S/C11H16O4/c1-4-6-14-10(12)8-9(3)11(13)15-7-5-2/h4-5,9H,1-2,6-8H2,3H3/t9-/m1/s1. The molecular weight excluding hydrogens is 196 g/mol. The van der Waals surface area contributed by atoms with Crippen molar-refractivity contribution in [3.8, 4) is 0 Å². The molecule has 0 bridgehead atoms. The lowest BCUT2D eigenvalue weighted by Crippen LogP contribution is -2.19. The molecule has 0 saturated heterocycles. The van der Waals surface area contributed by atoms with Crippen LogP contribution in [0.25, 0.3) is 0 Å². The van der Waals surface area contributed by atoms with Gasteiger partial charge in [0.05, 0.1) is 12.3 Å². The molecule has 0 aliphatic rings. The van der Waals surface area contributed by atoms with Crippen LogP contribution >= 0.6 is 0 Å². The van der Waals surface area contributed by atoms with Crippen molar-refractivity contribution in [3.63, 3.8) is 0 Å². The third-order valence-electron chi connectivity index (χ3n) is 1.58. The maximum Gasteiger partial charge on any atom is 0.309 e. The van der Waals surface area contributed by atoms with Crippen LogP contribution in [0, 0.1) is 5.92 Å². The Balaban J connectivity index is 3.84. The first-order chi connectivity index (χ1) is 7.11. The van der Waals surface area contributed by atoms with Gasteiger partial charge in [0.1, 0.15) is 13.2 Å². The van der Waals surface area contributed by atoms with Gasteiger partial charge in [-0.05, 0) is 0 Å². The normalized spacial score (nSPS) is 11.3. The molecule has 0 fully saturated rings. The lowest BCUT2D eigenvalue weighted by molar-refractivity contribution is -0.153. The molecule has 4 heteroatoms. The van der Waals surface area contributed by atoms with Gasteiger partial charge in [-0.2, -0.15) is 0 Å². The van der Waals surface area contributed by atoms with Gasteiger partial charge >= 0.3 is 11.9 Å². The van der Waals surface area contributed by atoms with Crippen LogP contribution in [0.5, 0.6) is 0 Å². The topological polar surface area (TPSA) is 52.6 Å². The highest BCUT2D eigenvalue weighted by Gasteiger charge is 2.18. The van der Waals surface area contributed by atoms with E-state index in [0.29, 0.717) is 0 Å². The molecule has 0 aromatic heterocycles. The van der Waals surface area contributed by atoms with E-state index in [2.05, 4.69) is 13.2 Å². The summed E-state index contributed by atoms with van der Waals surface area (Å²) in [6.45, 7) is 8.75. The summed E-state index contributed by atoms with van der Waals surface area (Å²) < 4.78 is 9.50. The Morgan fingerprint density at radius 2 is 1.73 bits per heavy atom. The van der Waals surface area contributed by atoms with Crippen LogP contribution in [-0.2, 0) is 19.1 Å². The molecule has 0 aliphatic heterocycles. The van der Waals surface area contributed by atoms with Crippen LogP contribution in [0.3, 0.4) is 0 Å². The van der Waals surface area contributed by atoms with E-state index >= 15 is 0 Å². The molecule has 15 heavy (non-hydrogen) atoms. The molecule has 0 saturated carbocycles. The van der Waals surface area contributed by atoms with Crippen molar-refractivity contribution in [1.29, 1.82) is 0 Å². The Hall–Kier alpha value is -1.58. The molecule has 0 rings (SSSR count). The highest BCUT2D eigenvalue weighted by atomic mass is 16.5. The second-order valence-corrected chi connectivity index (χ2v) is 3.00. The molecule has 0 unspecified atom stereocenters. The Bertz CT molecular complexity index is 245. The van der Waals surface area contributed by atoms with Gasteiger partial charge in [0, 0.05) is 0 Å². The van der Waals surface area contributed by atoms with Gasteiger partial charge in [0.15, 0.2) is 0 Å². The molecule has 0 aromatic rings. The van der Waals surface area contributed by atoms with Crippen molar-refractivity contribution in [2.45, 2.75) is 13.3 Å². The fourth-order valence-electron chi connectivity index (χ4n) is 0.827. The van der Waals surface area contributed by atoms with E-state index in [-0.39, 0.29) is 19.6 Å². The monoisotopic (exact) mass is 212 g/mol. The second-order valence-electron chi connectivity index (χ2n) is 3.00. The number of carbonyl (C=O) groups excluding carboxylic acids is 2. The van der Waals surface area contributed by atoms with Crippen LogP contribution in [0.4, 0.5) is 0 Å². The van der Waals surface area contributed by atoms with E-state index in [1.165, 1.54) is 12.2 Å². The number of ether oxygens (including phenoxy) is 2. The molecule has 0 heterocycles. The van der Waals surface area contributed by atoms with E-state index in [0.717, 1.165) is 0 Å². The van der Waals surface area contributed by atoms with Gasteiger partial charge in [-0.15, -0.1) is 0 Å². The van der Waals surface area contributed by atoms with Gasteiger partial charge in [-0.1, -0.05) is 32.2 Å². The lowest BCUT2D eigenvalue weighted by atomic mass is 10.1. The number of rotatable bonds is 7. The van der Waals surface area contributed by atoms with Crippen LogP contribution in [0.15, 0.2) is 25.3 Å². The van der Waals surface area contributed by atoms with E-state index in [9.17, 15) is 9.59 Å². The highest BCUT2D eigenvalue weighted by molar-refractivity contribution is 5.79. The smallest absolute Gasteiger partial charge is 0.309 e. The molecule has 0 radical (unpaired) electrons. The third-order valence-corrected chi connectivity index (χ3v) is 1.58. The summed E-state index contributed by atoms with van der Waals surface area (Å²) in [4.78, 5) is 22.3. The molecule has 0 N–H and O–H groups in total. The maximum absolute atomic E-state index is 11.2. The van der Waals surface area contributed by atoms with Crippen molar-refractivity contribution in [3.05, 3.63) is 25.3 Å². The summed E-state index contributed by atoms with van der Waals surface area (Å²) in [7, 11) is 0. The molecule has 0 aliphatic carbocycles. The Morgan fingerprint density at radius 3 is 2.27 bits per heavy atom. The molecule has 0 aromatic carbocycles. The van der Waals surface area contributed by atoms with Gasteiger partial charge < -0.3 is 9.47 Å². The first kappa shape index (κ1) is 13.4. The van der Waals surface area contributed by atoms with Crippen molar-refractivity contribution in [1.82, 2.24) is 0 Å². The first-order valence-electron chi connectivity index (χ1n) is 4.65. The van der Waals surface area contributed by atoms with Crippen LogP contribution < -0.4 is 0 Å². The number of hydrogen-bond donors (Lipinski definition) is 0. The minimum absolute atomic E-state index is 0.0177. The summed E-state index contributed by atoms with van der Waals surface area (Å²) in [6.07, 6.45) is 2.96. The molecule has 0 amide bonds. The molecule has 4 nitrogen and oxygen atoms in total. The Labute approximate surface area is 89.6 Å². The molecule has 84 valence electrons. The zero-order valence-electron chi connectivity index (χ0n) is 8.90.